The molecule has 0 aliphatic carbocycles. The first-order valence-electron chi connectivity index (χ1n) is 5.46. The van der Waals surface area contributed by atoms with Crippen molar-refractivity contribution in [2.24, 2.45) is 5.73 Å². The molecule has 0 radical (unpaired) electrons. The summed E-state index contributed by atoms with van der Waals surface area (Å²) in [7, 11) is 1.54. The van der Waals surface area contributed by atoms with Crippen LogP contribution in [-0.4, -0.2) is 43.2 Å². The summed E-state index contributed by atoms with van der Waals surface area (Å²) in [5.41, 5.74) is 5.46. The van der Waals surface area contributed by atoms with E-state index < -0.39 is 0 Å². The minimum absolute atomic E-state index is 0.0115. The number of hydrogen-bond acceptors (Lipinski definition) is 4. The highest BCUT2D eigenvalue weighted by atomic mass is 16.5. The van der Waals surface area contributed by atoms with E-state index in [9.17, 15) is 4.79 Å². The van der Waals surface area contributed by atoms with Crippen molar-refractivity contribution in [3.63, 3.8) is 0 Å². The van der Waals surface area contributed by atoms with Crippen LogP contribution in [0.15, 0.2) is 0 Å². The van der Waals surface area contributed by atoms with Crippen LogP contribution >= 0.6 is 0 Å². The summed E-state index contributed by atoms with van der Waals surface area (Å²) in [4.78, 5) is 13.6. The molecule has 5 heteroatoms. The minimum Gasteiger partial charge on any atom is -0.380 e. The molecule has 5 nitrogen and oxygen atoms in total. The van der Waals surface area contributed by atoms with Crippen molar-refractivity contribution in [3.05, 3.63) is 0 Å². The van der Waals surface area contributed by atoms with Gasteiger partial charge in [-0.15, -0.1) is 0 Å². The molecule has 0 spiro atoms. The van der Waals surface area contributed by atoms with Gasteiger partial charge in [0.2, 0.25) is 5.91 Å². The van der Waals surface area contributed by atoms with Gasteiger partial charge in [0.05, 0.1) is 25.0 Å². The minimum atomic E-state index is -0.240. The Bertz CT molecular complexity index is 244. The van der Waals surface area contributed by atoms with Gasteiger partial charge in [0.25, 0.3) is 0 Å². The summed E-state index contributed by atoms with van der Waals surface area (Å²) in [6.45, 7) is 4.65. The Kier molecular flexibility index (Phi) is 7.52. The van der Waals surface area contributed by atoms with Gasteiger partial charge in [-0.3, -0.25) is 4.79 Å². The molecule has 1 atom stereocenters. The largest absolute Gasteiger partial charge is 0.380 e. The molecule has 0 bridgehead atoms. The van der Waals surface area contributed by atoms with E-state index in [1.807, 2.05) is 19.9 Å². The van der Waals surface area contributed by atoms with Crippen molar-refractivity contribution >= 4 is 5.91 Å². The van der Waals surface area contributed by atoms with Crippen LogP contribution in [0.1, 0.15) is 26.7 Å². The maximum Gasteiger partial charge on any atom is 0.225 e. The fraction of sp³-hybridized carbons (Fsp3) is 0.818. The topological polar surface area (TPSA) is 79.3 Å². The molecule has 0 heterocycles. The third-order valence-corrected chi connectivity index (χ3v) is 2.41. The first-order valence-corrected chi connectivity index (χ1v) is 5.46. The molecular weight excluding hydrogens is 206 g/mol. The van der Waals surface area contributed by atoms with Crippen molar-refractivity contribution in [1.29, 1.82) is 5.26 Å². The van der Waals surface area contributed by atoms with E-state index in [1.165, 1.54) is 0 Å². The molecule has 2 N–H and O–H groups in total. The molecular formula is C11H21N3O2. The summed E-state index contributed by atoms with van der Waals surface area (Å²) >= 11 is 0. The second kappa shape index (κ2) is 8.08. The Labute approximate surface area is 97.2 Å². The molecule has 0 saturated carbocycles. The van der Waals surface area contributed by atoms with Gasteiger partial charge in [-0.2, -0.15) is 5.26 Å². The van der Waals surface area contributed by atoms with E-state index in [1.54, 1.807) is 12.0 Å². The zero-order valence-corrected chi connectivity index (χ0v) is 10.3. The predicted molar refractivity (Wildman–Crippen MR) is 61.5 cm³/mol. The van der Waals surface area contributed by atoms with Gasteiger partial charge in [0.15, 0.2) is 0 Å². The number of carbonyl (C=O) groups excluding carboxylic acids is 1. The Morgan fingerprint density at radius 2 is 2.19 bits per heavy atom. The SMILES string of the molecule is COC(CN)CC(=O)N(CCC#N)C(C)C. The van der Waals surface area contributed by atoms with E-state index in [2.05, 4.69) is 0 Å². The highest BCUT2D eigenvalue weighted by molar-refractivity contribution is 5.77. The first kappa shape index (κ1) is 14.9. The number of nitrogens with two attached hydrogens (primary N) is 1. The van der Waals surface area contributed by atoms with Crippen LogP contribution in [0.3, 0.4) is 0 Å². The van der Waals surface area contributed by atoms with Gasteiger partial charge in [-0.25, -0.2) is 0 Å². The normalized spacial score (nSPS) is 12.2. The quantitative estimate of drug-likeness (QED) is 0.687. The van der Waals surface area contributed by atoms with Crippen molar-refractivity contribution in [2.45, 2.75) is 38.8 Å². The van der Waals surface area contributed by atoms with Crippen LogP contribution in [0.25, 0.3) is 0 Å². The van der Waals surface area contributed by atoms with E-state index in [0.29, 0.717) is 19.5 Å². The Balaban J connectivity index is 4.32. The molecule has 0 rings (SSSR count). The number of methoxy groups -OCH3 is 1. The Hall–Kier alpha value is -1.12. The molecule has 0 aromatic rings. The van der Waals surface area contributed by atoms with Crippen molar-refractivity contribution < 1.29 is 9.53 Å². The van der Waals surface area contributed by atoms with E-state index in [-0.39, 0.29) is 24.5 Å². The van der Waals surface area contributed by atoms with Crippen molar-refractivity contribution in [2.75, 3.05) is 20.2 Å². The molecule has 0 aliphatic rings. The zero-order valence-electron chi connectivity index (χ0n) is 10.3. The maximum absolute atomic E-state index is 11.9. The lowest BCUT2D eigenvalue weighted by Gasteiger charge is -2.27. The molecule has 0 aromatic heterocycles. The summed E-state index contributed by atoms with van der Waals surface area (Å²) in [5, 5.41) is 8.52. The summed E-state index contributed by atoms with van der Waals surface area (Å²) in [5.74, 6) is -0.0115. The molecule has 92 valence electrons. The van der Waals surface area contributed by atoms with Crippen LogP contribution < -0.4 is 5.73 Å². The molecule has 0 aliphatic heterocycles. The number of amides is 1. The average molecular weight is 227 g/mol. The van der Waals surface area contributed by atoms with Gasteiger partial charge in [-0.05, 0) is 13.8 Å². The Morgan fingerprint density at radius 3 is 2.56 bits per heavy atom. The monoisotopic (exact) mass is 227 g/mol. The van der Waals surface area contributed by atoms with E-state index in [0.717, 1.165) is 0 Å². The zero-order chi connectivity index (χ0) is 12.6. The standard InChI is InChI=1S/C11H21N3O2/c1-9(2)14(6-4-5-12)11(15)7-10(8-13)16-3/h9-10H,4,6-8,13H2,1-3H3. The van der Waals surface area contributed by atoms with Gasteiger partial charge >= 0.3 is 0 Å². The number of carbonyl (C=O) groups is 1. The average Bonchev–Trinajstić information content (AvgIpc) is 2.25. The number of hydrogen-bond donors (Lipinski definition) is 1. The molecule has 16 heavy (non-hydrogen) atoms. The van der Waals surface area contributed by atoms with Gasteiger partial charge in [0.1, 0.15) is 0 Å². The van der Waals surface area contributed by atoms with Crippen LogP contribution in [0.2, 0.25) is 0 Å². The van der Waals surface area contributed by atoms with Crippen LogP contribution in [0.4, 0.5) is 0 Å². The summed E-state index contributed by atoms with van der Waals surface area (Å²) in [6.07, 6.45) is 0.386. The number of rotatable bonds is 7. The lowest BCUT2D eigenvalue weighted by Crippen LogP contribution is -2.40. The predicted octanol–water partition coefficient (Wildman–Crippen LogP) is 0.501. The molecule has 1 amide bonds. The van der Waals surface area contributed by atoms with Gasteiger partial charge in [-0.1, -0.05) is 0 Å². The van der Waals surface area contributed by atoms with Crippen LogP contribution in [-0.2, 0) is 9.53 Å². The molecule has 0 fully saturated rings. The Morgan fingerprint density at radius 1 is 1.56 bits per heavy atom. The lowest BCUT2D eigenvalue weighted by atomic mass is 10.2. The lowest BCUT2D eigenvalue weighted by molar-refractivity contribution is -0.135. The van der Waals surface area contributed by atoms with Gasteiger partial charge < -0.3 is 15.4 Å². The molecule has 1 unspecified atom stereocenters. The third kappa shape index (κ3) is 5.10. The number of ether oxygens (including phenoxy) is 1. The van der Waals surface area contributed by atoms with Gasteiger partial charge in [0, 0.05) is 26.2 Å². The highest BCUT2D eigenvalue weighted by Crippen LogP contribution is 2.06. The molecule has 0 saturated heterocycles. The first-order chi connectivity index (χ1) is 7.56. The fourth-order valence-corrected chi connectivity index (χ4v) is 1.42. The molecule has 0 aromatic carbocycles. The highest BCUT2D eigenvalue weighted by Gasteiger charge is 2.19. The summed E-state index contributed by atoms with van der Waals surface area (Å²) in [6, 6.07) is 2.13. The third-order valence-electron chi connectivity index (χ3n) is 2.41. The van der Waals surface area contributed by atoms with Crippen molar-refractivity contribution in [1.82, 2.24) is 4.90 Å². The van der Waals surface area contributed by atoms with Crippen molar-refractivity contribution in [3.8, 4) is 6.07 Å². The number of nitriles is 1. The van der Waals surface area contributed by atoms with Crippen LogP contribution in [0.5, 0.6) is 0 Å². The maximum atomic E-state index is 11.9. The smallest absolute Gasteiger partial charge is 0.225 e. The number of nitrogens with zero attached hydrogens (tertiary/aromatic N) is 2. The van der Waals surface area contributed by atoms with E-state index in [4.69, 9.17) is 15.7 Å². The second-order valence-electron chi connectivity index (χ2n) is 3.89. The fourth-order valence-electron chi connectivity index (χ4n) is 1.42. The van der Waals surface area contributed by atoms with Crippen LogP contribution in [0, 0.1) is 11.3 Å². The van der Waals surface area contributed by atoms with E-state index >= 15 is 0 Å². The summed E-state index contributed by atoms with van der Waals surface area (Å²) < 4.78 is 5.07. The second-order valence-corrected chi connectivity index (χ2v) is 3.89.